The van der Waals surface area contributed by atoms with Crippen LogP contribution in [0.1, 0.15) is 21.9 Å². The van der Waals surface area contributed by atoms with Crippen molar-refractivity contribution in [1.82, 2.24) is 0 Å². The minimum absolute atomic E-state index is 0.125. The van der Waals surface area contributed by atoms with E-state index in [1.165, 1.54) is 13.2 Å². The van der Waals surface area contributed by atoms with Crippen molar-refractivity contribution < 1.29 is 13.9 Å². The molecule has 2 aromatic rings. The summed E-state index contributed by atoms with van der Waals surface area (Å²) in [7, 11) is 1.46. The molecule has 6 nitrogen and oxygen atoms in total. The van der Waals surface area contributed by atoms with Crippen molar-refractivity contribution in [3.63, 3.8) is 0 Å². The maximum Gasteiger partial charge on any atom is 0.291 e. The maximum absolute atomic E-state index is 12.1. The molecule has 1 aromatic carbocycles. The van der Waals surface area contributed by atoms with E-state index in [9.17, 15) is 4.79 Å². The molecule has 0 unspecified atom stereocenters. The summed E-state index contributed by atoms with van der Waals surface area (Å²) in [6.07, 6.45) is 0. The average Bonchev–Trinajstić information content (AvgIpc) is 2.96. The van der Waals surface area contributed by atoms with Crippen LogP contribution in [0.15, 0.2) is 34.7 Å². The SMILES string of the molecule is COc1cccc(C#N)c1NC(=O)c1ccc(CN)o1. The summed E-state index contributed by atoms with van der Waals surface area (Å²) in [5.41, 5.74) is 6.04. The number of hydrogen-bond donors (Lipinski definition) is 2. The number of ether oxygens (including phenoxy) is 1. The molecule has 0 atom stereocenters. The third-order valence-corrected chi connectivity index (χ3v) is 2.69. The van der Waals surface area contributed by atoms with Crippen LogP contribution >= 0.6 is 0 Å². The summed E-state index contributed by atoms with van der Waals surface area (Å²) in [6, 6.07) is 10.1. The van der Waals surface area contributed by atoms with Crippen molar-refractivity contribution in [2.24, 2.45) is 5.73 Å². The number of nitriles is 1. The topological polar surface area (TPSA) is 101 Å². The Morgan fingerprint density at radius 2 is 2.25 bits per heavy atom. The molecule has 0 aliphatic carbocycles. The Bertz CT molecular complexity index is 671. The lowest BCUT2D eigenvalue weighted by Crippen LogP contribution is -2.13. The van der Waals surface area contributed by atoms with E-state index in [-0.39, 0.29) is 12.3 Å². The maximum atomic E-state index is 12.1. The predicted octanol–water partition coefficient (Wildman–Crippen LogP) is 1.87. The molecule has 0 spiro atoms. The van der Waals surface area contributed by atoms with Crippen molar-refractivity contribution in [3.8, 4) is 11.8 Å². The summed E-state index contributed by atoms with van der Waals surface area (Å²) < 4.78 is 10.4. The van der Waals surface area contributed by atoms with E-state index in [0.717, 1.165) is 0 Å². The Balaban J connectivity index is 2.30. The Hall–Kier alpha value is -2.78. The van der Waals surface area contributed by atoms with E-state index in [4.69, 9.17) is 20.1 Å². The lowest BCUT2D eigenvalue weighted by atomic mass is 10.1. The van der Waals surface area contributed by atoms with Crippen molar-refractivity contribution in [2.75, 3.05) is 12.4 Å². The van der Waals surface area contributed by atoms with Gasteiger partial charge in [0, 0.05) is 0 Å². The fraction of sp³-hybridized carbons (Fsp3) is 0.143. The van der Waals surface area contributed by atoms with Gasteiger partial charge >= 0.3 is 0 Å². The van der Waals surface area contributed by atoms with Gasteiger partial charge < -0.3 is 20.2 Å². The summed E-state index contributed by atoms with van der Waals surface area (Å²) in [4.78, 5) is 12.1. The van der Waals surface area contributed by atoms with Crippen LogP contribution in [0.3, 0.4) is 0 Å². The number of nitrogens with two attached hydrogens (primary N) is 1. The molecular weight excluding hydrogens is 258 g/mol. The minimum Gasteiger partial charge on any atom is -0.495 e. The van der Waals surface area contributed by atoms with Gasteiger partial charge in [-0.1, -0.05) is 6.07 Å². The largest absolute Gasteiger partial charge is 0.495 e. The highest BCUT2D eigenvalue weighted by Gasteiger charge is 2.16. The third-order valence-electron chi connectivity index (χ3n) is 2.69. The number of benzene rings is 1. The number of anilines is 1. The smallest absolute Gasteiger partial charge is 0.291 e. The van der Waals surface area contributed by atoms with Crippen LogP contribution in [-0.4, -0.2) is 13.0 Å². The summed E-state index contributed by atoms with van der Waals surface area (Å²) in [5, 5.41) is 11.7. The molecule has 0 radical (unpaired) electrons. The molecule has 20 heavy (non-hydrogen) atoms. The standard InChI is InChI=1S/C14H13N3O3/c1-19-11-4-2-3-9(7-15)13(11)17-14(18)12-6-5-10(8-16)20-12/h2-6H,8,16H2,1H3,(H,17,18). The number of methoxy groups -OCH3 is 1. The molecule has 102 valence electrons. The fourth-order valence-electron chi connectivity index (χ4n) is 1.71. The zero-order valence-electron chi connectivity index (χ0n) is 10.8. The van der Waals surface area contributed by atoms with Gasteiger partial charge in [0.25, 0.3) is 5.91 Å². The lowest BCUT2D eigenvalue weighted by Gasteiger charge is -2.10. The molecule has 0 fully saturated rings. The summed E-state index contributed by atoms with van der Waals surface area (Å²) in [5.74, 6) is 0.574. The highest BCUT2D eigenvalue weighted by Crippen LogP contribution is 2.28. The molecule has 2 rings (SSSR count). The second-order valence-electron chi connectivity index (χ2n) is 3.92. The first-order valence-electron chi connectivity index (χ1n) is 5.86. The van der Waals surface area contributed by atoms with Crippen LogP contribution in [0.5, 0.6) is 5.75 Å². The Morgan fingerprint density at radius 1 is 1.45 bits per heavy atom. The third kappa shape index (κ3) is 2.63. The van der Waals surface area contributed by atoms with Gasteiger partial charge in [0.1, 0.15) is 23.3 Å². The number of rotatable bonds is 4. The highest BCUT2D eigenvalue weighted by molar-refractivity contribution is 6.04. The minimum atomic E-state index is -0.467. The average molecular weight is 271 g/mol. The van der Waals surface area contributed by atoms with Gasteiger partial charge in [-0.25, -0.2) is 0 Å². The fourth-order valence-corrected chi connectivity index (χ4v) is 1.71. The molecule has 0 saturated heterocycles. The Kier molecular flexibility index (Phi) is 4.03. The number of furan rings is 1. The zero-order chi connectivity index (χ0) is 14.5. The highest BCUT2D eigenvalue weighted by atomic mass is 16.5. The van der Waals surface area contributed by atoms with Crippen LogP contribution in [0.4, 0.5) is 5.69 Å². The zero-order valence-corrected chi connectivity index (χ0v) is 10.8. The van der Waals surface area contributed by atoms with Crippen molar-refractivity contribution in [2.45, 2.75) is 6.54 Å². The Labute approximate surface area is 115 Å². The van der Waals surface area contributed by atoms with E-state index in [1.807, 2.05) is 6.07 Å². The van der Waals surface area contributed by atoms with Gasteiger partial charge in [-0.3, -0.25) is 4.79 Å². The van der Waals surface area contributed by atoms with Crippen LogP contribution in [0, 0.1) is 11.3 Å². The number of carbonyl (C=O) groups excluding carboxylic acids is 1. The predicted molar refractivity (Wildman–Crippen MR) is 72.3 cm³/mol. The lowest BCUT2D eigenvalue weighted by molar-refractivity contribution is 0.0994. The van der Waals surface area contributed by atoms with Crippen LogP contribution in [0.25, 0.3) is 0 Å². The quantitative estimate of drug-likeness (QED) is 0.883. The first-order valence-corrected chi connectivity index (χ1v) is 5.86. The monoisotopic (exact) mass is 271 g/mol. The molecule has 0 aliphatic rings. The second kappa shape index (κ2) is 5.91. The number of nitrogens with zero attached hydrogens (tertiary/aromatic N) is 1. The van der Waals surface area contributed by atoms with Crippen molar-refractivity contribution in [1.29, 1.82) is 5.26 Å². The van der Waals surface area contributed by atoms with Gasteiger partial charge in [-0.2, -0.15) is 5.26 Å². The van der Waals surface area contributed by atoms with Crippen molar-refractivity contribution in [3.05, 3.63) is 47.4 Å². The van der Waals surface area contributed by atoms with Gasteiger partial charge in [0.15, 0.2) is 5.76 Å². The first-order chi connectivity index (χ1) is 9.69. The van der Waals surface area contributed by atoms with E-state index >= 15 is 0 Å². The molecule has 0 bridgehead atoms. The molecule has 0 saturated carbocycles. The molecule has 1 heterocycles. The number of para-hydroxylation sites is 1. The number of nitrogens with one attached hydrogen (secondary N) is 1. The van der Waals surface area contributed by atoms with E-state index in [0.29, 0.717) is 22.8 Å². The van der Waals surface area contributed by atoms with Gasteiger partial charge in [0.2, 0.25) is 0 Å². The molecule has 3 N–H and O–H groups in total. The van der Waals surface area contributed by atoms with Gasteiger partial charge in [0.05, 0.1) is 19.2 Å². The second-order valence-corrected chi connectivity index (χ2v) is 3.92. The summed E-state index contributed by atoms with van der Waals surface area (Å²) >= 11 is 0. The normalized spacial score (nSPS) is 9.85. The van der Waals surface area contributed by atoms with E-state index < -0.39 is 5.91 Å². The van der Waals surface area contributed by atoms with Gasteiger partial charge in [-0.15, -0.1) is 0 Å². The Morgan fingerprint density at radius 3 is 2.85 bits per heavy atom. The van der Waals surface area contributed by atoms with Crippen LogP contribution in [-0.2, 0) is 6.54 Å². The number of amides is 1. The number of hydrogen-bond acceptors (Lipinski definition) is 5. The first kappa shape index (κ1) is 13.6. The summed E-state index contributed by atoms with van der Waals surface area (Å²) in [6.45, 7) is 0.214. The molecular formula is C14H13N3O3. The van der Waals surface area contributed by atoms with Crippen molar-refractivity contribution >= 4 is 11.6 Å². The van der Waals surface area contributed by atoms with Crippen LogP contribution < -0.4 is 15.8 Å². The van der Waals surface area contributed by atoms with Gasteiger partial charge in [-0.05, 0) is 24.3 Å². The molecule has 6 heteroatoms. The number of carbonyl (C=O) groups is 1. The molecule has 0 aliphatic heterocycles. The van der Waals surface area contributed by atoms with E-state index in [2.05, 4.69) is 5.32 Å². The van der Waals surface area contributed by atoms with E-state index in [1.54, 1.807) is 24.3 Å². The van der Waals surface area contributed by atoms with Crippen LogP contribution in [0.2, 0.25) is 0 Å². The molecule has 1 amide bonds. The molecule has 1 aromatic heterocycles.